The lowest BCUT2D eigenvalue weighted by Crippen LogP contribution is -2.36. The molecule has 35 heavy (non-hydrogen) atoms. The number of nitrogens with one attached hydrogen (secondary N) is 1. The summed E-state index contributed by atoms with van der Waals surface area (Å²) in [5, 5.41) is 4.50. The van der Waals surface area contributed by atoms with Crippen LogP contribution >= 0.6 is 0 Å². The van der Waals surface area contributed by atoms with Gasteiger partial charge >= 0.3 is 0 Å². The van der Waals surface area contributed by atoms with Gasteiger partial charge in [-0.15, -0.1) is 0 Å². The van der Waals surface area contributed by atoms with Crippen LogP contribution in [0, 0.1) is 19.7 Å². The summed E-state index contributed by atoms with van der Waals surface area (Å²) >= 11 is 0. The number of pyridine rings is 1. The predicted octanol–water partition coefficient (Wildman–Crippen LogP) is 6.08. The van der Waals surface area contributed by atoms with Crippen LogP contribution in [0.1, 0.15) is 52.1 Å². The normalized spacial score (nSPS) is 13.9. The molecule has 5 nitrogen and oxygen atoms in total. The van der Waals surface area contributed by atoms with Gasteiger partial charge in [0.25, 0.3) is 5.91 Å². The van der Waals surface area contributed by atoms with Crippen LogP contribution in [0.3, 0.4) is 0 Å². The number of carbonyl (C=O) groups is 1. The van der Waals surface area contributed by atoms with Crippen LogP contribution in [0.4, 0.5) is 10.2 Å². The van der Waals surface area contributed by atoms with Crippen molar-refractivity contribution in [2.24, 2.45) is 0 Å². The van der Waals surface area contributed by atoms with Crippen LogP contribution in [-0.2, 0) is 13.1 Å². The van der Waals surface area contributed by atoms with E-state index in [-0.39, 0.29) is 11.7 Å². The zero-order valence-corrected chi connectivity index (χ0v) is 20.4. The number of nitrogens with zero attached hydrogens (tertiary/aromatic N) is 3. The molecule has 1 aliphatic rings. The van der Waals surface area contributed by atoms with Crippen LogP contribution in [0.25, 0.3) is 10.9 Å². The molecule has 2 aromatic carbocycles. The van der Waals surface area contributed by atoms with Gasteiger partial charge in [-0.05, 0) is 68.0 Å². The molecule has 0 atom stereocenters. The van der Waals surface area contributed by atoms with Gasteiger partial charge in [0.1, 0.15) is 11.5 Å². The zero-order chi connectivity index (χ0) is 24.4. The molecule has 1 amide bonds. The van der Waals surface area contributed by atoms with E-state index < -0.39 is 0 Å². The molecule has 0 saturated carbocycles. The van der Waals surface area contributed by atoms with E-state index in [1.165, 1.54) is 24.1 Å². The number of benzene rings is 2. The number of hydrogen-bond donors (Lipinski definition) is 1. The molecule has 180 valence electrons. The lowest BCUT2D eigenvalue weighted by Gasteiger charge is -2.26. The molecule has 5 rings (SSSR count). The smallest absolute Gasteiger partial charge is 0.272 e. The Hall–Kier alpha value is -3.67. The Bertz CT molecular complexity index is 1340. The summed E-state index contributed by atoms with van der Waals surface area (Å²) in [4.78, 5) is 20.2. The monoisotopic (exact) mass is 470 g/mol. The second kappa shape index (κ2) is 9.90. The summed E-state index contributed by atoms with van der Waals surface area (Å²) in [5.74, 6) is 0.412. The first kappa shape index (κ1) is 23.1. The van der Waals surface area contributed by atoms with Crippen LogP contribution < -0.4 is 5.32 Å². The maximum atomic E-state index is 13.4. The molecule has 1 fully saturated rings. The van der Waals surface area contributed by atoms with Gasteiger partial charge in [0.15, 0.2) is 5.82 Å². The maximum Gasteiger partial charge on any atom is 0.272 e. The van der Waals surface area contributed by atoms with Gasteiger partial charge in [0, 0.05) is 37.3 Å². The van der Waals surface area contributed by atoms with E-state index in [0.29, 0.717) is 24.6 Å². The number of aromatic nitrogens is 2. The van der Waals surface area contributed by atoms with E-state index >= 15 is 0 Å². The van der Waals surface area contributed by atoms with Crippen LogP contribution in [0.2, 0.25) is 0 Å². The predicted molar refractivity (Wildman–Crippen MR) is 138 cm³/mol. The van der Waals surface area contributed by atoms with Gasteiger partial charge in [-0.2, -0.15) is 0 Å². The Labute approximate surface area is 205 Å². The first-order valence-corrected chi connectivity index (χ1v) is 12.3. The van der Waals surface area contributed by atoms with Gasteiger partial charge in [-0.3, -0.25) is 4.79 Å². The van der Waals surface area contributed by atoms with E-state index in [1.807, 2.05) is 29.2 Å². The van der Waals surface area contributed by atoms with Gasteiger partial charge < -0.3 is 14.8 Å². The third-order valence-corrected chi connectivity index (χ3v) is 7.03. The maximum absolute atomic E-state index is 13.4. The van der Waals surface area contributed by atoms with Gasteiger partial charge in [0.2, 0.25) is 0 Å². The average Bonchev–Trinajstić information content (AvgIpc) is 3.13. The summed E-state index contributed by atoms with van der Waals surface area (Å²) in [6.07, 6.45) is 3.24. The summed E-state index contributed by atoms with van der Waals surface area (Å²) in [5.41, 5.74) is 5.91. The van der Waals surface area contributed by atoms with E-state index in [4.69, 9.17) is 4.98 Å². The number of piperidine rings is 1. The standard InChI is InChI=1S/C29H31FN4O/c1-20-21(2)34(19-23-9-5-3-6-10-23)27-25(20)17-26(29(35)33-15-7-4-8-16-33)32-28(27)31-18-22-11-13-24(30)14-12-22/h3,5-6,9-14,17H,4,7-8,15-16,18-19H2,1-2H3,(H,31,32). The zero-order valence-electron chi connectivity index (χ0n) is 20.4. The number of halogens is 1. The number of fused-ring (bicyclic) bond motifs is 1. The molecular weight excluding hydrogens is 439 g/mol. The lowest BCUT2D eigenvalue weighted by molar-refractivity contribution is 0.0718. The molecule has 0 unspecified atom stereocenters. The Morgan fingerprint density at radius 3 is 2.40 bits per heavy atom. The highest BCUT2D eigenvalue weighted by atomic mass is 19.1. The van der Waals surface area contributed by atoms with Crippen molar-refractivity contribution in [2.75, 3.05) is 18.4 Å². The summed E-state index contributed by atoms with van der Waals surface area (Å²) in [6.45, 7) is 6.99. The number of amides is 1. The highest BCUT2D eigenvalue weighted by Gasteiger charge is 2.24. The molecule has 0 radical (unpaired) electrons. The van der Waals surface area contributed by atoms with Crippen molar-refractivity contribution in [3.63, 3.8) is 0 Å². The summed E-state index contributed by atoms with van der Waals surface area (Å²) < 4.78 is 15.7. The van der Waals surface area contributed by atoms with Crippen molar-refractivity contribution in [1.82, 2.24) is 14.5 Å². The number of aryl methyl sites for hydroxylation is 1. The lowest BCUT2D eigenvalue weighted by atomic mass is 10.1. The van der Waals surface area contributed by atoms with Crippen molar-refractivity contribution >= 4 is 22.6 Å². The minimum absolute atomic E-state index is 0.00991. The molecule has 1 saturated heterocycles. The minimum atomic E-state index is -0.258. The fraction of sp³-hybridized carbons (Fsp3) is 0.310. The molecule has 0 bridgehead atoms. The van der Waals surface area contributed by atoms with Crippen LogP contribution in [0.5, 0.6) is 0 Å². The molecule has 1 N–H and O–H groups in total. The SMILES string of the molecule is Cc1c(C)n(Cc2ccccc2)c2c(NCc3ccc(F)cc3)nc(C(=O)N3CCCCC3)cc12. The molecule has 6 heteroatoms. The highest BCUT2D eigenvalue weighted by Crippen LogP contribution is 2.32. The van der Waals surface area contributed by atoms with Crippen molar-refractivity contribution in [2.45, 2.75) is 46.2 Å². The Morgan fingerprint density at radius 1 is 0.971 bits per heavy atom. The Balaban J connectivity index is 1.59. The largest absolute Gasteiger partial charge is 0.364 e. The van der Waals surface area contributed by atoms with E-state index in [0.717, 1.165) is 53.7 Å². The van der Waals surface area contributed by atoms with Crippen molar-refractivity contribution in [3.05, 3.63) is 94.6 Å². The first-order valence-electron chi connectivity index (χ1n) is 12.3. The fourth-order valence-corrected chi connectivity index (χ4v) is 4.91. The van der Waals surface area contributed by atoms with Gasteiger partial charge in [-0.1, -0.05) is 42.5 Å². The van der Waals surface area contributed by atoms with Crippen molar-refractivity contribution < 1.29 is 9.18 Å². The van der Waals surface area contributed by atoms with Crippen molar-refractivity contribution in [3.8, 4) is 0 Å². The van der Waals surface area contributed by atoms with E-state index in [2.05, 4.69) is 35.9 Å². The summed E-state index contributed by atoms with van der Waals surface area (Å²) in [6, 6.07) is 18.8. The minimum Gasteiger partial charge on any atom is -0.364 e. The van der Waals surface area contributed by atoms with Crippen LogP contribution in [0.15, 0.2) is 60.7 Å². The molecule has 3 heterocycles. The molecule has 1 aliphatic heterocycles. The molecule has 0 aliphatic carbocycles. The Morgan fingerprint density at radius 2 is 1.69 bits per heavy atom. The topological polar surface area (TPSA) is 50.2 Å². The van der Waals surface area contributed by atoms with E-state index in [1.54, 1.807) is 12.1 Å². The third-order valence-electron chi connectivity index (χ3n) is 7.03. The number of rotatable bonds is 6. The first-order chi connectivity index (χ1) is 17.0. The summed E-state index contributed by atoms with van der Waals surface area (Å²) in [7, 11) is 0. The van der Waals surface area contributed by atoms with Crippen molar-refractivity contribution in [1.29, 1.82) is 0 Å². The average molecular weight is 471 g/mol. The molecule has 2 aromatic heterocycles. The fourth-order valence-electron chi connectivity index (χ4n) is 4.91. The number of hydrogen-bond acceptors (Lipinski definition) is 3. The quantitative estimate of drug-likeness (QED) is 0.372. The second-order valence-electron chi connectivity index (χ2n) is 9.37. The highest BCUT2D eigenvalue weighted by molar-refractivity contribution is 6.01. The number of anilines is 1. The van der Waals surface area contributed by atoms with Gasteiger partial charge in [-0.25, -0.2) is 9.37 Å². The molecule has 0 spiro atoms. The van der Waals surface area contributed by atoms with Gasteiger partial charge in [0.05, 0.1) is 5.52 Å². The number of carbonyl (C=O) groups excluding carboxylic acids is 1. The number of likely N-dealkylation sites (tertiary alicyclic amines) is 1. The Kier molecular flexibility index (Phi) is 6.53. The molecular formula is C29H31FN4O. The van der Waals surface area contributed by atoms with E-state index in [9.17, 15) is 9.18 Å². The third kappa shape index (κ3) is 4.78. The second-order valence-corrected chi connectivity index (χ2v) is 9.37. The molecule has 4 aromatic rings. The van der Waals surface area contributed by atoms with Crippen LogP contribution in [-0.4, -0.2) is 33.4 Å².